The monoisotopic (exact) mass is 374 g/mol. The first-order chi connectivity index (χ1) is 10.2. The maximum atomic E-state index is 11.1. The van der Waals surface area contributed by atoms with Gasteiger partial charge in [0.1, 0.15) is 5.60 Å². The molecule has 24 heavy (non-hydrogen) atoms. The van der Waals surface area contributed by atoms with E-state index in [2.05, 4.69) is 0 Å². The molecule has 0 atom stereocenters. The Kier molecular flexibility index (Phi) is 25.9. The molecule has 0 amide bonds. The molecule has 0 aliphatic heterocycles. The number of carbonyl (C=O) groups is 2. The number of carboxylic acids is 1. The van der Waals surface area contributed by atoms with Crippen LogP contribution >= 0.6 is 12.4 Å². The van der Waals surface area contributed by atoms with E-state index in [0.717, 1.165) is 0 Å². The summed E-state index contributed by atoms with van der Waals surface area (Å²) < 4.78 is 14.9. The van der Waals surface area contributed by atoms with Gasteiger partial charge in [0.15, 0.2) is 0 Å². The fraction of sp³-hybridized carbons (Fsp3) is 0.867. The molecule has 0 aliphatic carbocycles. The smallest absolute Gasteiger partial charge is 0.308 e. The third kappa shape index (κ3) is 32.9. The van der Waals surface area contributed by atoms with Gasteiger partial charge in [-0.3, -0.25) is 9.59 Å². The van der Waals surface area contributed by atoms with Gasteiger partial charge in [0.2, 0.25) is 0 Å². The zero-order chi connectivity index (χ0) is 17.4. The number of esters is 1. The molecule has 0 aromatic rings. The van der Waals surface area contributed by atoms with Crippen molar-refractivity contribution in [1.82, 2.24) is 0 Å². The van der Waals surface area contributed by atoms with E-state index >= 15 is 0 Å². The van der Waals surface area contributed by atoms with Crippen LogP contribution in [0.1, 0.15) is 41.0 Å². The fourth-order valence-electron chi connectivity index (χ4n) is 1.08. The lowest BCUT2D eigenvalue weighted by Crippen LogP contribution is -2.24. The maximum absolute atomic E-state index is 11.1. The number of aliphatic carboxylic acids is 1. The molecule has 0 radical (unpaired) electrons. The second-order valence-corrected chi connectivity index (χ2v) is 5.28. The van der Waals surface area contributed by atoms with E-state index in [1.165, 1.54) is 0 Å². The highest BCUT2D eigenvalue weighted by Crippen LogP contribution is 2.07. The molecule has 0 aromatic heterocycles. The SMILES string of the molecule is C.CC(C)(C)OC(=O)CCOCCN.Cl.NCCOCCC(=O)O. The summed E-state index contributed by atoms with van der Waals surface area (Å²) in [4.78, 5) is 20.9. The van der Waals surface area contributed by atoms with Crippen molar-refractivity contribution in [3.05, 3.63) is 0 Å². The Bertz CT molecular complexity index is 298. The lowest BCUT2D eigenvalue weighted by molar-refractivity contribution is -0.156. The van der Waals surface area contributed by atoms with Gasteiger partial charge in [-0.1, -0.05) is 7.43 Å². The Hall–Kier alpha value is -0.930. The van der Waals surface area contributed by atoms with Crippen molar-refractivity contribution in [2.75, 3.05) is 39.5 Å². The number of nitrogens with two attached hydrogens (primary N) is 2. The van der Waals surface area contributed by atoms with E-state index in [1.807, 2.05) is 20.8 Å². The number of carboxylic acid groups (broad SMARTS) is 1. The molecule has 0 bridgehead atoms. The molecule has 0 saturated heterocycles. The van der Waals surface area contributed by atoms with Crippen molar-refractivity contribution in [2.45, 2.75) is 46.6 Å². The Labute approximate surface area is 151 Å². The summed E-state index contributed by atoms with van der Waals surface area (Å²) in [5, 5.41) is 8.10. The normalized spacial score (nSPS) is 9.71. The molecule has 0 aromatic carbocycles. The zero-order valence-electron chi connectivity index (χ0n) is 14.2. The number of ether oxygens (including phenoxy) is 3. The van der Waals surface area contributed by atoms with Crippen LogP contribution in [0.3, 0.4) is 0 Å². The molecule has 0 heterocycles. The average Bonchev–Trinajstić information content (AvgIpc) is 2.38. The molecule has 0 rings (SSSR count). The first-order valence-electron chi connectivity index (χ1n) is 7.22. The van der Waals surface area contributed by atoms with Gasteiger partial charge in [-0.15, -0.1) is 12.4 Å². The molecular weight excluding hydrogens is 340 g/mol. The minimum absolute atomic E-state index is 0. The zero-order valence-corrected chi connectivity index (χ0v) is 15.0. The van der Waals surface area contributed by atoms with Gasteiger partial charge in [-0.05, 0) is 20.8 Å². The average molecular weight is 375 g/mol. The Morgan fingerprint density at radius 1 is 0.917 bits per heavy atom. The topological polar surface area (TPSA) is 134 Å². The van der Waals surface area contributed by atoms with Crippen LogP contribution in [0.5, 0.6) is 0 Å². The molecule has 0 spiro atoms. The predicted octanol–water partition coefficient (Wildman–Crippen LogP) is 1.19. The highest BCUT2D eigenvalue weighted by molar-refractivity contribution is 5.85. The molecule has 0 aliphatic rings. The summed E-state index contributed by atoms with van der Waals surface area (Å²) >= 11 is 0. The summed E-state index contributed by atoms with van der Waals surface area (Å²) in [5.74, 6) is -1.07. The third-order valence-electron chi connectivity index (χ3n) is 1.86. The van der Waals surface area contributed by atoms with Crippen LogP contribution in [-0.4, -0.2) is 62.2 Å². The predicted molar refractivity (Wildman–Crippen MR) is 96.4 cm³/mol. The second kappa shape index (κ2) is 20.1. The lowest BCUT2D eigenvalue weighted by atomic mass is 10.2. The van der Waals surface area contributed by atoms with Crippen LogP contribution < -0.4 is 11.5 Å². The number of rotatable bonds is 10. The van der Waals surface area contributed by atoms with Crippen molar-refractivity contribution < 1.29 is 28.9 Å². The van der Waals surface area contributed by atoms with Crippen LogP contribution in [0.25, 0.3) is 0 Å². The Morgan fingerprint density at radius 2 is 1.33 bits per heavy atom. The van der Waals surface area contributed by atoms with Crippen LogP contribution in [0.2, 0.25) is 0 Å². The summed E-state index contributed by atoms with van der Waals surface area (Å²) in [7, 11) is 0. The molecule has 0 saturated carbocycles. The Balaban J connectivity index is -0.000000162. The molecular formula is C15H35ClN2O6. The number of hydrogen-bond donors (Lipinski definition) is 3. The second-order valence-electron chi connectivity index (χ2n) is 5.28. The van der Waals surface area contributed by atoms with Gasteiger partial charge in [0.25, 0.3) is 0 Å². The van der Waals surface area contributed by atoms with E-state index in [4.69, 9.17) is 30.8 Å². The summed E-state index contributed by atoms with van der Waals surface area (Å²) in [6, 6.07) is 0. The van der Waals surface area contributed by atoms with E-state index in [1.54, 1.807) is 0 Å². The van der Waals surface area contributed by atoms with E-state index in [-0.39, 0.29) is 45.3 Å². The highest BCUT2D eigenvalue weighted by Gasteiger charge is 2.15. The van der Waals surface area contributed by atoms with Crippen LogP contribution in [-0.2, 0) is 23.8 Å². The number of hydrogen-bond acceptors (Lipinski definition) is 7. The molecule has 148 valence electrons. The lowest BCUT2D eigenvalue weighted by Gasteiger charge is -2.19. The number of carbonyl (C=O) groups excluding carboxylic acids is 1. The maximum Gasteiger partial charge on any atom is 0.308 e. The Morgan fingerprint density at radius 3 is 1.67 bits per heavy atom. The van der Waals surface area contributed by atoms with Crippen molar-refractivity contribution in [2.24, 2.45) is 11.5 Å². The molecule has 9 heteroatoms. The van der Waals surface area contributed by atoms with Gasteiger partial charge in [-0.25, -0.2) is 0 Å². The van der Waals surface area contributed by atoms with Crippen molar-refractivity contribution >= 4 is 24.3 Å². The standard InChI is InChI=1S/C9H19NO3.C5H11NO3.CH4.ClH/c1-9(2,3)13-8(11)4-6-12-7-5-10;6-2-4-9-3-1-5(7)8;;/h4-7,10H2,1-3H3;1-4,6H2,(H,7,8);1H4;1H. The van der Waals surface area contributed by atoms with Crippen molar-refractivity contribution in [3.63, 3.8) is 0 Å². The van der Waals surface area contributed by atoms with Crippen molar-refractivity contribution in [1.29, 1.82) is 0 Å². The summed E-state index contributed by atoms with van der Waals surface area (Å²) in [5.41, 5.74) is 9.87. The van der Waals surface area contributed by atoms with E-state index < -0.39 is 11.6 Å². The molecule has 8 nitrogen and oxygen atoms in total. The van der Waals surface area contributed by atoms with Crippen LogP contribution in [0.15, 0.2) is 0 Å². The molecule has 0 fully saturated rings. The first-order valence-corrected chi connectivity index (χ1v) is 7.22. The van der Waals surface area contributed by atoms with Crippen LogP contribution in [0.4, 0.5) is 0 Å². The fourth-order valence-corrected chi connectivity index (χ4v) is 1.08. The van der Waals surface area contributed by atoms with E-state index in [0.29, 0.717) is 32.9 Å². The third-order valence-corrected chi connectivity index (χ3v) is 1.86. The first kappa shape index (κ1) is 30.9. The van der Waals surface area contributed by atoms with E-state index in [9.17, 15) is 9.59 Å². The van der Waals surface area contributed by atoms with Gasteiger partial charge in [-0.2, -0.15) is 0 Å². The largest absolute Gasteiger partial charge is 0.481 e. The van der Waals surface area contributed by atoms with Gasteiger partial charge in [0, 0.05) is 13.1 Å². The quantitative estimate of drug-likeness (QED) is 0.383. The van der Waals surface area contributed by atoms with Gasteiger partial charge < -0.3 is 30.8 Å². The van der Waals surface area contributed by atoms with Crippen molar-refractivity contribution in [3.8, 4) is 0 Å². The number of halogens is 1. The minimum atomic E-state index is -0.841. The summed E-state index contributed by atoms with van der Waals surface area (Å²) in [6.45, 7) is 8.01. The minimum Gasteiger partial charge on any atom is -0.481 e. The van der Waals surface area contributed by atoms with Gasteiger partial charge in [0.05, 0.1) is 39.3 Å². The van der Waals surface area contributed by atoms with Gasteiger partial charge >= 0.3 is 11.9 Å². The summed E-state index contributed by atoms with van der Waals surface area (Å²) in [6.07, 6.45) is 0.345. The highest BCUT2D eigenvalue weighted by atomic mass is 35.5. The van der Waals surface area contributed by atoms with Crippen LogP contribution in [0, 0.1) is 0 Å². The molecule has 5 N–H and O–H groups in total. The molecule has 0 unspecified atom stereocenters.